The van der Waals surface area contributed by atoms with E-state index in [2.05, 4.69) is 0 Å². The van der Waals surface area contributed by atoms with Crippen LogP contribution in [0.2, 0.25) is 0 Å². The van der Waals surface area contributed by atoms with Crippen molar-refractivity contribution in [3.05, 3.63) is 119 Å². The molecule has 0 aliphatic heterocycles. The molecule has 8 nitrogen and oxygen atoms in total. The number of carbonyl (C=O) groups is 4. The fourth-order valence-electron chi connectivity index (χ4n) is 4.33. The van der Waals surface area contributed by atoms with Crippen LogP contribution in [-0.4, -0.2) is 23.9 Å². The second-order valence-corrected chi connectivity index (χ2v) is 9.22. The fourth-order valence-corrected chi connectivity index (χ4v) is 4.33. The molecule has 0 saturated heterocycles. The lowest BCUT2D eigenvalue weighted by Crippen LogP contribution is -2.03. The first-order chi connectivity index (χ1) is 20.1. The molecule has 4 rings (SSSR count). The molecule has 0 atom stereocenters. The zero-order chi connectivity index (χ0) is 30.2. The number of carbonyl (C=O) groups excluding carboxylic acids is 4. The third-order valence-corrected chi connectivity index (χ3v) is 5.87. The van der Waals surface area contributed by atoms with Gasteiger partial charge >= 0.3 is 23.9 Å². The largest absolute Gasteiger partial charge is 0.427 e. The molecule has 8 heteroatoms. The maximum absolute atomic E-state index is 11.5. The molecule has 0 N–H and O–H groups in total. The molecule has 0 unspecified atom stereocenters. The Kier molecular flexibility index (Phi) is 9.29. The van der Waals surface area contributed by atoms with Crippen molar-refractivity contribution in [2.24, 2.45) is 0 Å². The molecular formula is C34H28O8. The van der Waals surface area contributed by atoms with Crippen LogP contribution in [0.3, 0.4) is 0 Å². The molecule has 0 bridgehead atoms. The molecular weight excluding hydrogens is 536 g/mol. The molecule has 212 valence electrons. The van der Waals surface area contributed by atoms with Crippen LogP contribution < -0.4 is 18.9 Å². The van der Waals surface area contributed by atoms with Gasteiger partial charge in [-0.25, -0.2) is 0 Å². The first-order valence-corrected chi connectivity index (χ1v) is 13.0. The van der Waals surface area contributed by atoms with E-state index in [9.17, 15) is 19.2 Å². The molecule has 0 spiro atoms. The summed E-state index contributed by atoms with van der Waals surface area (Å²) in [5.41, 5.74) is 4.81. The summed E-state index contributed by atoms with van der Waals surface area (Å²) in [7, 11) is 0. The van der Waals surface area contributed by atoms with Gasteiger partial charge in [0.1, 0.15) is 23.0 Å². The monoisotopic (exact) mass is 564 g/mol. The number of benzene rings is 4. The normalized spacial score (nSPS) is 10.3. The molecule has 0 aliphatic carbocycles. The van der Waals surface area contributed by atoms with E-state index in [4.69, 9.17) is 18.9 Å². The fraction of sp³-hybridized carbons (Fsp3) is 0.118. The highest BCUT2D eigenvalue weighted by Crippen LogP contribution is 2.39. The highest BCUT2D eigenvalue weighted by molar-refractivity contribution is 6.04. The van der Waals surface area contributed by atoms with Gasteiger partial charge in [-0.05, 0) is 81.9 Å². The molecule has 0 amide bonds. The van der Waals surface area contributed by atoms with Gasteiger partial charge in [0, 0.05) is 27.7 Å². The number of rotatable bonds is 8. The van der Waals surface area contributed by atoms with Crippen molar-refractivity contribution in [3.8, 4) is 23.0 Å². The number of hydrogen-bond acceptors (Lipinski definition) is 8. The van der Waals surface area contributed by atoms with Gasteiger partial charge in [0.25, 0.3) is 0 Å². The van der Waals surface area contributed by atoms with E-state index in [1.807, 2.05) is 48.5 Å². The van der Waals surface area contributed by atoms with Crippen molar-refractivity contribution in [3.63, 3.8) is 0 Å². The second kappa shape index (κ2) is 13.2. The minimum atomic E-state index is -0.430. The van der Waals surface area contributed by atoms with E-state index in [0.29, 0.717) is 23.0 Å². The van der Waals surface area contributed by atoms with Crippen molar-refractivity contribution in [1.82, 2.24) is 0 Å². The zero-order valence-corrected chi connectivity index (χ0v) is 23.5. The summed E-state index contributed by atoms with van der Waals surface area (Å²) in [5, 5.41) is 0. The SMILES string of the molecule is CC(=O)Oc1ccc(C(=C(c2ccc(OC(C)=O)cc2)c2ccc(OC(C)=O)cc2)c2ccc(OC(C)=O)cc2)cc1. The van der Waals surface area contributed by atoms with Gasteiger partial charge in [0.05, 0.1) is 0 Å². The Balaban J connectivity index is 1.97. The van der Waals surface area contributed by atoms with Crippen molar-refractivity contribution in [2.45, 2.75) is 27.7 Å². The summed E-state index contributed by atoms with van der Waals surface area (Å²) in [4.78, 5) is 46.0. The number of hydrogen-bond donors (Lipinski definition) is 0. The Morgan fingerprint density at radius 1 is 0.333 bits per heavy atom. The number of esters is 4. The third-order valence-electron chi connectivity index (χ3n) is 5.87. The van der Waals surface area contributed by atoms with Crippen LogP contribution in [0.1, 0.15) is 49.9 Å². The standard InChI is InChI=1S/C34H28O8/c1-21(35)39-29-13-5-25(6-14-29)33(26-7-15-30(16-8-26)40-22(2)36)34(27-9-17-31(18-10-27)41-23(3)37)28-11-19-32(20-12-28)42-24(4)38/h5-20H,1-4H3. The molecule has 0 radical (unpaired) electrons. The van der Waals surface area contributed by atoms with Gasteiger partial charge < -0.3 is 18.9 Å². The molecule has 42 heavy (non-hydrogen) atoms. The van der Waals surface area contributed by atoms with Gasteiger partial charge in [0.2, 0.25) is 0 Å². The molecule has 0 fully saturated rings. The average molecular weight is 565 g/mol. The van der Waals surface area contributed by atoms with Crippen LogP contribution in [0.15, 0.2) is 97.1 Å². The van der Waals surface area contributed by atoms with Gasteiger partial charge in [0.15, 0.2) is 0 Å². The molecule has 0 heterocycles. The van der Waals surface area contributed by atoms with Crippen molar-refractivity contribution >= 4 is 35.0 Å². The predicted molar refractivity (Wildman–Crippen MR) is 156 cm³/mol. The van der Waals surface area contributed by atoms with E-state index in [0.717, 1.165) is 33.4 Å². The average Bonchev–Trinajstić information content (AvgIpc) is 2.93. The van der Waals surface area contributed by atoms with Crippen molar-refractivity contribution < 1.29 is 38.1 Å². The molecule has 0 aliphatic rings. The molecule has 4 aromatic rings. The van der Waals surface area contributed by atoms with Gasteiger partial charge in [-0.2, -0.15) is 0 Å². The van der Waals surface area contributed by atoms with E-state index in [1.54, 1.807) is 48.5 Å². The van der Waals surface area contributed by atoms with E-state index < -0.39 is 23.9 Å². The van der Waals surface area contributed by atoms with Crippen LogP contribution >= 0.6 is 0 Å². The second-order valence-electron chi connectivity index (χ2n) is 9.22. The Labute approximate surface area is 243 Å². The summed E-state index contributed by atoms with van der Waals surface area (Å²) >= 11 is 0. The quantitative estimate of drug-likeness (QED) is 0.138. The third kappa shape index (κ3) is 7.79. The maximum atomic E-state index is 11.5. The maximum Gasteiger partial charge on any atom is 0.308 e. The van der Waals surface area contributed by atoms with Crippen LogP contribution in [-0.2, 0) is 19.2 Å². The van der Waals surface area contributed by atoms with E-state index >= 15 is 0 Å². The van der Waals surface area contributed by atoms with Crippen LogP contribution in [0, 0.1) is 0 Å². The molecule has 0 saturated carbocycles. The predicted octanol–water partition coefficient (Wildman–Crippen LogP) is 6.40. The van der Waals surface area contributed by atoms with Crippen molar-refractivity contribution in [2.75, 3.05) is 0 Å². The van der Waals surface area contributed by atoms with Gasteiger partial charge in [-0.1, -0.05) is 48.5 Å². The lowest BCUT2D eigenvalue weighted by Gasteiger charge is -2.19. The van der Waals surface area contributed by atoms with Gasteiger partial charge in [-0.15, -0.1) is 0 Å². The molecule has 0 aromatic heterocycles. The lowest BCUT2D eigenvalue weighted by atomic mass is 9.85. The number of ether oxygens (including phenoxy) is 4. The Morgan fingerprint density at radius 2 is 0.500 bits per heavy atom. The summed E-state index contributed by atoms with van der Waals surface area (Å²) in [6, 6.07) is 28.4. The minimum absolute atomic E-state index is 0.397. The Hall–Kier alpha value is -5.50. The Bertz CT molecular complexity index is 1380. The van der Waals surface area contributed by atoms with Crippen LogP contribution in [0.25, 0.3) is 11.1 Å². The van der Waals surface area contributed by atoms with Gasteiger partial charge in [-0.3, -0.25) is 19.2 Å². The lowest BCUT2D eigenvalue weighted by molar-refractivity contribution is -0.132. The summed E-state index contributed by atoms with van der Waals surface area (Å²) in [5.74, 6) is -0.130. The topological polar surface area (TPSA) is 105 Å². The minimum Gasteiger partial charge on any atom is -0.427 e. The van der Waals surface area contributed by atoms with E-state index in [-0.39, 0.29) is 0 Å². The first kappa shape index (κ1) is 29.5. The van der Waals surface area contributed by atoms with E-state index in [1.165, 1.54) is 27.7 Å². The van der Waals surface area contributed by atoms with Crippen molar-refractivity contribution in [1.29, 1.82) is 0 Å². The summed E-state index contributed by atoms with van der Waals surface area (Å²) < 4.78 is 21.0. The molecule has 4 aromatic carbocycles. The first-order valence-electron chi connectivity index (χ1n) is 13.0. The van der Waals surface area contributed by atoms with Crippen LogP contribution in [0.4, 0.5) is 0 Å². The Morgan fingerprint density at radius 3 is 0.643 bits per heavy atom. The highest BCUT2D eigenvalue weighted by atomic mass is 16.5. The smallest absolute Gasteiger partial charge is 0.308 e. The summed E-state index contributed by atoms with van der Waals surface area (Å²) in [6.45, 7) is 5.34. The summed E-state index contributed by atoms with van der Waals surface area (Å²) in [6.07, 6.45) is 0. The highest BCUT2D eigenvalue weighted by Gasteiger charge is 2.18. The zero-order valence-electron chi connectivity index (χ0n) is 23.5. The van der Waals surface area contributed by atoms with Crippen LogP contribution in [0.5, 0.6) is 23.0 Å².